The number of thiophene rings is 1. The number of rotatable bonds is 6. The van der Waals surface area contributed by atoms with Crippen molar-refractivity contribution in [3.05, 3.63) is 15.9 Å². The maximum atomic E-state index is 12.5. The first-order chi connectivity index (χ1) is 8.28. The molecule has 18 heavy (non-hydrogen) atoms. The molecule has 0 aliphatic carbocycles. The third-order valence-electron chi connectivity index (χ3n) is 2.54. The van der Waals surface area contributed by atoms with E-state index in [9.17, 15) is 8.42 Å². The van der Waals surface area contributed by atoms with Crippen LogP contribution in [0.15, 0.2) is 20.1 Å². The second kappa shape index (κ2) is 6.47. The lowest BCUT2D eigenvalue weighted by atomic mass is 10.3. The Bertz CT molecular complexity index is 485. The van der Waals surface area contributed by atoms with E-state index in [1.165, 1.54) is 11.3 Å². The first kappa shape index (κ1) is 16.1. The van der Waals surface area contributed by atoms with E-state index in [4.69, 9.17) is 0 Å². The van der Waals surface area contributed by atoms with Crippen molar-refractivity contribution in [2.45, 2.75) is 24.1 Å². The van der Waals surface area contributed by atoms with E-state index < -0.39 is 10.0 Å². The Morgan fingerprint density at radius 1 is 1.39 bits per heavy atom. The van der Waals surface area contributed by atoms with E-state index in [1.807, 2.05) is 32.8 Å². The van der Waals surface area contributed by atoms with E-state index in [1.54, 1.807) is 16.4 Å². The fourth-order valence-electron chi connectivity index (χ4n) is 1.89. The quantitative estimate of drug-likeness (QED) is 0.787. The highest BCUT2D eigenvalue weighted by molar-refractivity contribution is 9.11. The van der Waals surface area contributed by atoms with Gasteiger partial charge in [0.15, 0.2) is 0 Å². The molecule has 0 spiro atoms. The van der Waals surface area contributed by atoms with Crippen molar-refractivity contribution in [3.8, 4) is 0 Å². The van der Waals surface area contributed by atoms with Gasteiger partial charge < -0.3 is 4.90 Å². The Labute approximate surface area is 122 Å². The summed E-state index contributed by atoms with van der Waals surface area (Å²) in [6.45, 7) is 4.99. The molecule has 1 heterocycles. The molecule has 0 bridgehead atoms. The van der Waals surface area contributed by atoms with Crippen LogP contribution in [0.2, 0.25) is 0 Å². The average Bonchev–Trinajstić information content (AvgIpc) is 2.64. The molecule has 0 saturated carbocycles. The molecule has 0 amide bonds. The zero-order chi connectivity index (χ0) is 13.9. The number of hydrogen-bond donors (Lipinski definition) is 0. The Balaban J connectivity index is 3.00. The molecule has 1 rings (SSSR count). The van der Waals surface area contributed by atoms with Crippen LogP contribution in [0.25, 0.3) is 0 Å². The second-order valence-corrected chi connectivity index (χ2v) is 8.96. The van der Waals surface area contributed by atoms with Crippen molar-refractivity contribution < 1.29 is 8.42 Å². The average molecular weight is 355 g/mol. The minimum absolute atomic E-state index is 0.0455. The zero-order valence-electron chi connectivity index (χ0n) is 11.1. The molecule has 0 aromatic carbocycles. The van der Waals surface area contributed by atoms with Gasteiger partial charge in [0.05, 0.1) is 3.79 Å². The van der Waals surface area contributed by atoms with Gasteiger partial charge in [-0.2, -0.15) is 4.31 Å². The first-order valence-corrected chi connectivity index (χ1v) is 8.76. The minimum atomic E-state index is -3.38. The molecule has 1 aromatic heterocycles. The van der Waals surface area contributed by atoms with E-state index in [2.05, 4.69) is 15.9 Å². The third-order valence-corrected chi connectivity index (χ3v) is 6.72. The summed E-state index contributed by atoms with van der Waals surface area (Å²) in [6, 6.07) is 3.37. The highest BCUT2D eigenvalue weighted by atomic mass is 79.9. The normalized spacial score (nSPS) is 14.4. The van der Waals surface area contributed by atoms with E-state index in [0.717, 1.165) is 3.79 Å². The molecular weight excluding hydrogens is 336 g/mol. The Morgan fingerprint density at radius 3 is 2.39 bits per heavy atom. The van der Waals surface area contributed by atoms with Crippen LogP contribution in [-0.2, 0) is 10.0 Å². The van der Waals surface area contributed by atoms with Gasteiger partial charge in [-0.3, -0.25) is 0 Å². The summed E-state index contributed by atoms with van der Waals surface area (Å²) in [5.74, 6) is 0. The molecule has 1 unspecified atom stereocenters. The second-order valence-electron chi connectivity index (χ2n) is 4.38. The van der Waals surface area contributed by atoms with E-state index in [0.29, 0.717) is 17.3 Å². The topological polar surface area (TPSA) is 40.6 Å². The predicted octanol–water partition coefficient (Wildman–Crippen LogP) is 2.47. The van der Waals surface area contributed by atoms with Crippen molar-refractivity contribution in [3.63, 3.8) is 0 Å². The number of halogens is 1. The van der Waals surface area contributed by atoms with Crippen LogP contribution in [0.3, 0.4) is 0 Å². The highest BCUT2D eigenvalue weighted by Crippen LogP contribution is 2.29. The van der Waals surface area contributed by atoms with Gasteiger partial charge >= 0.3 is 0 Å². The largest absolute Gasteiger partial charge is 0.308 e. The van der Waals surface area contributed by atoms with Gasteiger partial charge in [-0.15, -0.1) is 11.3 Å². The Hall–Kier alpha value is 0.0500. The van der Waals surface area contributed by atoms with Gasteiger partial charge in [0.25, 0.3) is 10.0 Å². The van der Waals surface area contributed by atoms with Gasteiger partial charge in [0, 0.05) is 19.1 Å². The fourth-order valence-corrected chi connectivity index (χ4v) is 5.66. The van der Waals surface area contributed by atoms with Crippen molar-refractivity contribution in [2.75, 3.05) is 27.2 Å². The van der Waals surface area contributed by atoms with Crippen LogP contribution in [0.5, 0.6) is 0 Å². The van der Waals surface area contributed by atoms with Gasteiger partial charge in [0.2, 0.25) is 0 Å². The molecular formula is C11H19BrN2O2S2. The Kier molecular flexibility index (Phi) is 5.79. The molecule has 0 N–H and O–H groups in total. The van der Waals surface area contributed by atoms with Crippen LogP contribution in [0, 0.1) is 0 Å². The molecule has 7 heteroatoms. The SMILES string of the molecule is CCN(C(C)CN(C)C)S(=O)(=O)c1ccc(Br)s1. The first-order valence-electron chi connectivity index (χ1n) is 5.71. The van der Waals surface area contributed by atoms with Gasteiger partial charge in [-0.05, 0) is 49.1 Å². The minimum Gasteiger partial charge on any atom is -0.308 e. The summed E-state index contributed by atoms with van der Waals surface area (Å²) in [5, 5.41) is 0. The van der Waals surface area contributed by atoms with Crippen molar-refractivity contribution >= 4 is 37.3 Å². The van der Waals surface area contributed by atoms with E-state index >= 15 is 0 Å². The van der Waals surface area contributed by atoms with Gasteiger partial charge in [-0.1, -0.05) is 6.92 Å². The summed E-state index contributed by atoms with van der Waals surface area (Å²) < 4.78 is 27.8. The Morgan fingerprint density at radius 2 is 2.00 bits per heavy atom. The van der Waals surface area contributed by atoms with Crippen LogP contribution in [0.4, 0.5) is 0 Å². The number of sulfonamides is 1. The maximum Gasteiger partial charge on any atom is 0.252 e. The molecule has 4 nitrogen and oxygen atoms in total. The molecule has 0 aliphatic heterocycles. The van der Waals surface area contributed by atoms with E-state index in [-0.39, 0.29) is 6.04 Å². The molecule has 1 atom stereocenters. The predicted molar refractivity (Wildman–Crippen MR) is 79.6 cm³/mol. The molecule has 1 aromatic rings. The maximum absolute atomic E-state index is 12.5. The van der Waals surface area contributed by atoms with Crippen molar-refractivity contribution in [1.29, 1.82) is 0 Å². The standard InChI is InChI=1S/C11H19BrN2O2S2/c1-5-14(9(2)8-13(3)4)18(15,16)11-7-6-10(12)17-11/h6-7,9H,5,8H2,1-4H3. The number of nitrogens with zero attached hydrogens (tertiary/aromatic N) is 2. The van der Waals surface area contributed by atoms with Crippen LogP contribution in [-0.4, -0.2) is 50.8 Å². The molecule has 0 fully saturated rings. The monoisotopic (exact) mass is 354 g/mol. The van der Waals surface area contributed by atoms with Gasteiger partial charge in [0.1, 0.15) is 4.21 Å². The lowest BCUT2D eigenvalue weighted by Gasteiger charge is -2.28. The molecule has 104 valence electrons. The van der Waals surface area contributed by atoms with Crippen molar-refractivity contribution in [2.24, 2.45) is 0 Å². The molecule has 0 aliphatic rings. The van der Waals surface area contributed by atoms with Crippen molar-refractivity contribution in [1.82, 2.24) is 9.21 Å². The zero-order valence-corrected chi connectivity index (χ0v) is 14.3. The van der Waals surface area contributed by atoms with Crippen LogP contribution >= 0.6 is 27.3 Å². The molecule has 0 radical (unpaired) electrons. The fraction of sp³-hybridized carbons (Fsp3) is 0.636. The third kappa shape index (κ3) is 3.77. The lowest BCUT2D eigenvalue weighted by molar-refractivity contribution is 0.272. The summed E-state index contributed by atoms with van der Waals surface area (Å²) in [6.07, 6.45) is 0. The van der Waals surface area contributed by atoms with Crippen LogP contribution < -0.4 is 0 Å². The van der Waals surface area contributed by atoms with Gasteiger partial charge in [-0.25, -0.2) is 8.42 Å². The summed E-state index contributed by atoms with van der Waals surface area (Å²) in [4.78, 5) is 1.99. The van der Waals surface area contributed by atoms with Crippen LogP contribution in [0.1, 0.15) is 13.8 Å². The lowest BCUT2D eigenvalue weighted by Crippen LogP contribution is -2.43. The number of hydrogen-bond acceptors (Lipinski definition) is 4. The summed E-state index contributed by atoms with van der Waals surface area (Å²) in [7, 11) is 0.506. The number of likely N-dealkylation sites (N-methyl/N-ethyl adjacent to an activating group) is 2. The highest BCUT2D eigenvalue weighted by Gasteiger charge is 2.29. The summed E-state index contributed by atoms with van der Waals surface area (Å²) >= 11 is 4.55. The smallest absolute Gasteiger partial charge is 0.252 e. The summed E-state index contributed by atoms with van der Waals surface area (Å²) in [5.41, 5.74) is 0. The molecule has 0 saturated heterocycles.